The quantitative estimate of drug-likeness (QED) is 0.181. The molecular weight excluding hydrogens is 615 g/mol. The molecule has 3 heterocycles. The molecule has 49 heavy (non-hydrogen) atoms. The molecule has 0 saturated heterocycles. The molecule has 0 bridgehead atoms. The number of para-hydroxylation sites is 1. The van der Waals surface area contributed by atoms with E-state index in [-0.39, 0.29) is 0 Å². The van der Waals surface area contributed by atoms with Crippen molar-refractivity contribution in [3.63, 3.8) is 0 Å². The molecule has 0 saturated carbocycles. The number of rotatable bonds is 6. The SMILES string of the molecule is c1ccc(-c2cc(-c3cccc(-c4sc5c(c(-c6ccccc6)nc6ccccc65)c4-c4ccccc4)c3)nc(-c3ccccc3)n2)cc1. The molecule has 9 rings (SSSR count). The van der Waals surface area contributed by atoms with Gasteiger partial charge in [-0.25, -0.2) is 15.0 Å². The molecule has 4 heteroatoms. The molecule has 0 N–H and O–H groups in total. The fraction of sp³-hybridized carbons (Fsp3) is 0. The Hall–Kier alpha value is -6.23. The van der Waals surface area contributed by atoms with Crippen molar-refractivity contribution in [1.82, 2.24) is 15.0 Å². The number of benzene rings is 6. The average molecular weight is 644 g/mol. The zero-order chi connectivity index (χ0) is 32.6. The first-order valence-electron chi connectivity index (χ1n) is 16.4. The predicted octanol–water partition coefficient (Wildman–Crippen LogP) is 12.2. The summed E-state index contributed by atoms with van der Waals surface area (Å²) in [5.74, 6) is 0.708. The normalized spacial score (nSPS) is 11.3. The molecule has 0 aliphatic carbocycles. The highest BCUT2D eigenvalue weighted by molar-refractivity contribution is 7.24. The second kappa shape index (κ2) is 12.4. The summed E-state index contributed by atoms with van der Waals surface area (Å²) >= 11 is 1.84. The maximum atomic E-state index is 5.30. The van der Waals surface area contributed by atoms with Crippen LogP contribution in [-0.4, -0.2) is 15.0 Å². The molecule has 3 aromatic heterocycles. The molecule has 9 aromatic rings. The Morgan fingerprint density at radius 3 is 1.61 bits per heavy atom. The third-order valence-electron chi connectivity index (χ3n) is 8.88. The van der Waals surface area contributed by atoms with Gasteiger partial charge in [-0.05, 0) is 29.3 Å². The van der Waals surface area contributed by atoms with Gasteiger partial charge in [-0.1, -0.05) is 158 Å². The summed E-state index contributed by atoms with van der Waals surface area (Å²) in [7, 11) is 0. The number of nitrogens with zero attached hydrogens (tertiary/aromatic N) is 3. The van der Waals surface area contributed by atoms with Crippen LogP contribution in [0, 0.1) is 0 Å². The van der Waals surface area contributed by atoms with E-state index < -0.39 is 0 Å². The Morgan fingerprint density at radius 1 is 0.388 bits per heavy atom. The lowest BCUT2D eigenvalue weighted by Crippen LogP contribution is -1.96. The Bertz CT molecular complexity index is 2520. The van der Waals surface area contributed by atoms with E-state index in [1.165, 1.54) is 26.1 Å². The van der Waals surface area contributed by atoms with Crippen LogP contribution in [0.3, 0.4) is 0 Å². The maximum Gasteiger partial charge on any atom is 0.160 e. The molecule has 3 nitrogen and oxygen atoms in total. The van der Waals surface area contributed by atoms with E-state index in [9.17, 15) is 0 Å². The first-order chi connectivity index (χ1) is 24.3. The van der Waals surface area contributed by atoms with Crippen molar-refractivity contribution in [2.24, 2.45) is 0 Å². The minimum Gasteiger partial charge on any atom is -0.247 e. The van der Waals surface area contributed by atoms with E-state index in [2.05, 4.69) is 152 Å². The van der Waals surface area contributed by atoms with Gasteiger partial charge in [0.25, 0.3) is 0 Å². The smallest absolute Gasteiger partial charge is 0.160 e. The summed E-state index contributed by atoms with van der Waals surface area (Å²) in [6.07, 6.45) is 0. The Morgan fingerprint density at radius 2 is 0.918 bits per heavy atom. The van der Waals surface area contributed by atoms with Crippen LogP contribution in [0.1, 0.15) is 0 Å². The molecule has 230 valence electrons. The van der Waals surface area contributed by atoms with Crippen LogP contribution in [0.2, 0.25) is 0 Å². The van der Waals surface area contributed by atoms with Crippen LogP contribution < -0.4 is 0 Å². The van der Waals surface area contributed by atoms with Crippen molar-refractivity contribution < 1.29 is 0 Å². The van der Waals surface area contributed by atoms with Gasteiger partial charge in [0.1, 0.15) is 0 Å². The van der Waals surface area contributed by atoms with Crippen molar-refractivity contribution in [2.75, 3.05) is 0 Å². The largest absolute Gasteiger partial charge is 0.247 e. The maximum absolute atomic E-state index is 5.30. The molecule has 0 aliphatic rings. The first kappa shape index (κ1) is 29.0. The molecule has 0 fully saturated rings. The van der Waals surface area contributed by atoms with Crippen LogP contribution in [0.15, 0.2) is 176 Å². The van der Waals surface area contributed by atoms with Crippen molar-refractivity contribution in [2.45, 2.75) is 0 Å². The fourth-order valence-corrected chi connectivity index (χ4v) is 7.92. The van der Waals surface area contributed by atoms with Crippen LogP contribution in [0.4, 0.5) is 0 Å². The average Bonchev–Trinajstić information content (AvgIpc) is 3.60. The first-order valence-corrected chi connectivity index (χ1v) is 17.2. The highest BCUT2D eigenvalue weighted by atomic mass is 32.1. The summed E-state index contributed by atoms with van der Waals surface area (Å²) in [5, 5.41) is 2.35. The third kappa shape index (κ3) is 5.38. The second-order valence-electron chi connectivity index (χ2n) is 12.0. The molecular formula is C45H29N3S. The molecule has 0 atom stereocenters. The lowest BCUT2D eigenvalue weighted by molar-refractivity contribution is 1.18. The second-order valence-corrected chi connectivity index (χ2v) is 13.0. The molecule has 0 radical (unpaired) electrons. The van der Waals surface area contributed by atoms with Gasteiger partial charge in [0.15, 0.2) is 5.82 Å². The van der Waals surface area contributed by atoms with E-state index in [4.69, 9.17) is 15.0 Å². The lowest BCUT2D eigenvalue weighted by atomic mass is 9.94. The highest BCUT2D eigenvalue weighted by Gasteiger charge is 2.23. The van der Waals surface area contributed by atoms with E-state index in [0.29, 0.717) is 5.82 Å². The van der Waals surface area contributed by atoms with Gasteiger partial charge in [0.2, 0.25) is 0 Å². The Balaban J connectivity index is 1.30. The van der Waals surface area contributed by atoms with E-state index in [0.717, 1.165) is 55.8 Å². The number of fused-ring (bicyclic) bond motifs is 3. The molecule has 0 spiro atoms. The van der Waals surface area contributed by atoms with Crippen molar-refractivity contribution in [1.29, 1.82) is 0 Å². The van der Waals surface area contributed by atoms with Gasteiger partial charge in [0, 0.05) is 48.2 Å². The zero-order valence-electron chi connectivity index (χ0n) is 26.5. The number of hydrogen-bond acceptors (Lipinski definition) is 4. The molecule has 0 amide bonds. The zero-order valence-corrected chi connectivity index (χ0v) is 27.3. The minimum absolute atomic E-state index is 0.708. The molecule has 0 aliphatic heterocycles. The predicted molar refractivity (Wildman–Crippen MR) is 205 cm³/mol. The van der Waals surface area contributed by atoms with Crippen LogP contribution in [-0.2, 0) is 0 Å². The fourth-order valence-electron chi connectivity index (χ4n) is 6.56. The minimum atomic E-state index is 0.708. The summed E-state index contributed by atoms with van der Waals surface area (Å²) in [6.45, 7) is 0. The van der Waals surface area contributed by atoms with Gasteiger partial charge >= 0.3 is 0 Å². The number of aromatic nitrogens is 3. The standard InChI is InChI=1S/C45H29N3S/c1-5-16-30(17-6-1)38-29-39(48-45(47-38)33-22-11-4-12-23-33)34-24-15-25-35(28-34)43-40(31-18-7-2-8-19-31)41-42(32-20-9-3-10-21-32)46-37-27-14-13-26-36(37)44(41)49-43/h1-29H. The molecule has 0 unspecified atom stereocenters. The third-order valence-corrected chi connectivity index (χ3v) is 10.2. The Labute approximate surface area is 288 Å². The van der Waals surface area contributed by atoms with Gasteiger partial charge < -0.3 is 0 Å². The van der Waals surface area contributed by atoms with Crippen LogP contribution in [0.25, 0.3) is 87.7 Å². The van der Waals surface area contributed by atoms with Gasteiger partial charge in [-0.3, -0.25) is 0 Å². The van der Waals surface area contributed by atoms with Crippen LogP contribution in [0.5, 0.6) is 0 Å². The highest BCUT2D eigenvalue weighted by Crippen LogP contribution is 2.50. The van der Waals surface area contributed by atoms with Gasteiger partial charge in [-0.15, -0.1) is 11.3 Å². The summed E-state index contributed by atoms with van der Waals surface area (Å²) in [6, 6.07) is 61.2. The van der Waals surface area contributed by atoms with E-state index in [1.54, 1.807) is 0 Å². The van der Waals surface area contributed by atoms with Gasteiger partial charge in [0.05, 0.1) is 22.6 Å². The number of hydrogen-bond donors (Lipinski definition) is 0. The van der Waals surface area contributed by atoms with Crippen LogP contribution >= 0.6 is 11.3 Å². The summed E-state index contributed by atoms with van der Waals surface area (Å²) in [4.78, 5) is 16.7. The number of thiophene rings is 1. The summed E-state index contributed by atoms with van der Waals surface area (Å²) in [5.41, 5.74) is 11.5. The van der Waals surface area contributed by atoms with Crippen molar-refractivity contribution in [3.8, 4) is 66.7 Å². The van der Waals surface area contributed by atoms with Gasteiger partial charge in [-0.2, -0.15) is 0 Å². The van der Waals surface area contributed by atoms with Crippen molar-refractivity contribution in [3.05, 3.63) is 176 Å². The summed E-state index contributed by atoms with van der Waals surface area (Å²) < 4.78 is 1.24. The lowest BCUT2D eigenvalue weighted by Gasteiger charge is -2.12. The Kier molecular flexibility index (Phi) is 7.34. The topological polar surface area (TPSA) is 38.7 Å². The number of pyridine rings is 1. The van der Waals surface area contributed by atoms with Crippen molar-refractivity contribution >= 4 is 32.3 Å². The van der Waals surface area contributed by atoms with E-state index in [1.807, 2.05) is 35.6 Å². The van der Waals surface area contributed by atoms with E-state index >= 15 is 0 Å². The molecule has 6 aromatic carbocycles. The monoisotopic (exact) mass is 643 g/mol.